The van der Waals surface area contributed by atoms with Gasteiger partial charge in [-0.15, -0.1) is 0 Å². The molecule has 0 radical (unpaired) electrons. The molecule has 0 spiro atoms. The summed E-state index contributed by atoms with van der Waals surface area (Å²) in [6.07, 6.45) is 1.63. The van der Waals surface area contributed by atoms with E-state index in [1.54, 1.807) is 37.6 Å². The van der Waals surface area contributed by atoms with Crippen LogP contribution >= 0.6 is 0 Å². The summed E-state index contributed by atoms with van der Waals surface area (Å²) in [6.45, 7) is 0.345. The Morgan fingerprint density at radius 3 is 2.67 bits per heavy atom. The normalized spacial score (nSPS) is 10.2. The molecule has 0 saturated heterocycles. The number of nitrogens with one attached hydrogen (secondary N) is 2. The molecule has 2 aromatic carbocycles. The molecule has 0 fully saturated rings. The van der Waals surface area contributed by atoms with Gasteiger partial charge >= 0.3 is 0 Å². The van der Waals surface area contributed by atoms with E-state index in [9.17, 15) is 4.39 Å². The van der Waals surface area contributed by atoms with Gasteiger partial charge in [0, 0.05) is 18.3 Å². The first-order valence-electron chi connectivity index (χ1n) is 7.46. The zero-order chi connectivity index (χ0) is 16.8. The second-order valence-electron chi connectivity index (χ2n) is 5.04. The summed E-state index contributed by atoms with van der Waals surface area (Å²) in [7, 11) is 1.60. The molecule has 0 aliphatic rings. The van der Waals surface area contributed by atoms with Crippen molar-refractivity contribution in [2.45, 2.75) is 6.54 Å². The molecule has 0 aliphatic heterocycles. The van der Waals surface area contributed by atoms with Crippen LogP contribution in [0.1, 0.15) is 5.56 Å². The third-order valence-electron chi connectivity index (χ3n) is 3.43. The van der Waals surface area contributed by atoms with Gasteiger partial charge in [0.15, 0.2) is 0 Å². The van der Waals surface area contributed by atoms with Gasteiger partial charge < -0.3 is 15.4 Å². The zero-order valence-electron chi connectivity index (χ0n) is 13.2. The molecule has 0 aliphatic carbocycles. The summed E-state index contributed by atoms with van der Waals surface area (Å²) in [4.78, 5) is 8.57. The number of rotatable bonds is 6. The molecule has 3 aromatic rings. The second kappa shape index (κ2) is 7.41. The van der Waals surface area contributed by atoms with Gasteiger partial charge in [-0.25, -0.2) is 9.37 Å². The molecule has 6 heteroatoms. The number of aromatic nitrogens is 2. The van der Waals surface area contributed by atoms with Crippen LogP contribution in [0.4, 0.5) is 21.8 Å². The minimum Gasteiger partial charge on any atom is -0.495 e. The standard InChI is InChI=1S/C18H17FN4O/c1-24-16-9-5-4-8-15(16)22-18-20-11-10-17(23-18)21-12-13-6-2-3-7-14(13)19/h2-11H,12H2,1H3,(H2,20,21,22,23). The third-order valence-corrected chi connectivity index (χ3v) is 3.43. The molecule has 0 bridgehead atoms. The van der Waals surface area contributed by atoms with Gasteiger partial charge in [0.1, 0.15) is 17.4 Å². The molecule has 2 N–H and O–H groups in total. The monoisotopic (exact) mass is 324 g/mol. The van der Waals surface area contributed by atoms with Crippen LogP contribution in [-0.4, -0.2) is 17.1 Å². The highest BCUT2D eigenvalue weighted by Gasteiger charge is 2.05. The molecular formula is C18H17FN4O. The molecular weight excluding hydrogens is 307 g/mol. The maximum atomic E-state index is 13.6. The van der Waals surface area contributed by atoms with Crippen molar-refractivity contribution in [3.8, 4) is 5.75 Å². The first-order valence-corrected chi connectivity index (χ1v) is 7.46. The fraction of sp³-hybridized carbons (Fsp3) is 0.111. The van der Waals surface area contributed by atoms with Gasteiger partial charge in [0.25, 0.3) is 0 Å². The Balaban J connectivity index is 1.71. The van der Waals surface area contributed by atoms with E-state index in [4.69, 9.17) is 4.74 Å². The van der Waals surface area contributed by atoms with E-state index in [2.05, 4.69) is 20.6 Å². The summed E-state index contributed by atoms with van der Waals surface area (Å²) in [5, 5.41) is 6.21. The Labute approximate surface area is 139 Å². The number of benzene rings is 2. The number of hydrogen-bond donors (Lipinski definition) is 2. The number of anilines is 3. The lowest BCUT2D eigenvalue weighted by Crippen LogP contribution is -2.05. The van der Waals surface area contributed by atoms with E-state index in [-0.39, 0.29) is 5.82 Å². The molecule has 0 atom stereocenters. The van der Waals surface area contributed by atoms with Crippen molar-refractivity contribution in [3.63, 3.8) is 0 Å². The van der Waals surface area contributed by atoms with Crippen LogP contribution in [0.25, 0.3) is 0 Å². The minimum atomic E-state index is -0.244. The molecule has 5 nitrogen and oxygen atoms in total. The lowest BCUT2D eigenvalue weighted by atomic mass is 10.2. The number of ether oxygens (including phenoxy) is 1. The lowest BCUT2D eigenvalue weighted by molar-refractivity contribution is 0.417. The van der Waals surface area contributed by atoms with Gasteiger partial charge in [-0.3, -0.25) is 0 Å². The molecule has 0 unspecified atom stereocenters. The van der Waals surface area contributed by atoms with Crippen molar-refractivity contribution in [1.29, 1.82) is 0 Å². The van der Waals surface area contributed by atoms with Gasteiger partial charge in [-0.2, -0.15) is 4.98 Å². The van der Waals surface area contributed by atoms with Crippen molar-refractivity contribution in [2.75, 3.05) is 17.7 Å². The van der Waals surface area contributed by atoms with E-state index < -0.39 is 0 Å². The highest BCUT2D eigenvalue weighted by molar-refractivity contribution is 5.62. The van der Waals surface area contributed by atoms with E-state index >= 15 is 0 Å². The summed E-state index contributed by atoms with van der Waals surface area (Å²) < 4.78 is 18.9. The zero-order valence-corrected chi connectivity index (χ0v) is 13.2. The van der Waals surface area contributed by atoms with Crippen molar-refractivity contribution < 1.29 is 9.13 Å². The fourth-order valence-corrected chi connectivity index (χ4v) is 2.21. The molecule has 24 heavy (non-hydrogen) atoms. The Morgan fingerprint density at radius 2 is 1.83 bits per heavy atom. The Bertz CT molecular complexity index is 825. The van der Waals surface area contributed by atoms with Gasteiger partial charge in [-0.1, -0.05) is 30.3 Å². The fourth-order valence-electron chi connectivity index (χ4n) is 2.21. The molecule has 1 aromatic heterocycles. The highest BCUT2D eigenvalue weighted by atomic mass is 19.1. The molecule has 0 amide bonds. The third kappa shape index (κ3) is 3.78. The average Bonchev–Trinajstić information content (AvgIpc) is 2.62. The lowest BCUT2D eigenvalue weighted by Gasteiger charge is -2.11. The summed E-state index contributed by atoms with van der Waals surface area (Å²) in [6, 6.07) is 15.9. The molecule has 1 heterocycles. The highest BCUT2D eigenvalue weighted by Crippen LogP contribution is 2.25. The van der Waals surface area contributed by atoms with Crippen LogP contribution in [0.3, 0.4) is 0 Å². The van der Waals surface area contributed by atoms with E-state index in [0.29, 0.717) is 29.6 Å². The maximum absolute atomic E-state index is 13.6. The Morgan fingerprint density at radius 1 is 1.04 bits per heavy atom. The Kier molecular flexibility index (Phi) is 4.86. The minimum absolute atomic E-state index is 0.244. The van der Waals surface area contributed by atoms with Crippen LogP contribution in [0.5, 0.6) is 5.75 Å². The smallest absolute Gasteiger partial charge is 0.229 e. The quantitative estimate of drug-likeness (QED) is 0.718. The first-order chi connectivity index (χ1) is 11.8. The number of para-hydroxylation sites is 2. The van der Waals surface area contributed by atoms with Crippen LogP contribution in [0.2, 0.25) is 0 Å². The first kappa shape index (κ1) is 15.7. The topological polar surface area (TPSA) is 59.1 Å². The van der Waals surface area contributed by atoms with E-state index in [1.165, 1.54) is 6.07 Å². The molecule has 0 saturated carbocycles. The maximum Gasteiger partial charge on any atom is 0.229 e. The molecule has 122 valence electrons. The summed E-state index contributed by atoms with van der Waals surface area (Å²) in [5.74, 6) is 1.49. The summed E-state index contributed by atoms with van der Waals surface area (Å²) in [5.41, 5.74) is 1.35. The Hall–Kier alpha value is -3.15. The van der Waals surface area contributed by atoms with Crippen molar-refractivity contribution in [1.82, 2.24) is 9.97 Å². The number of methoxy groups -OCH3 is 1. The van der Waals surface area contributed by atoms with Gasteiger partial charge in [0.2, 0.25) is 5.95 Å². The number of hydrogen-bond acceptors (Lipinski definition) is 5. The van der Waals surface area contributed by atoms with Gasteiger partial charge in [0.05, 0.1) is 12.8 Å². The van der Waals surface area contributed by atoms with Crippen LogP contribution in [-0.2, 0) is 6.54 Å². The second-order valence-corrected chi connectivity index (χ2v) is 5.04. The predicted octanol–water partition coefficient (Wildman–Crippen LogP) is 3.98. The van der Waals surface area contributed by atoms with Crippen molar-refractivity contribution >= 4 is 17.5 Å². The molecule has 3 rings (SSSR count). The van der Waals surface area contributed by atoms with Gasteiger partial charge in [-0.05, 0) is 24.3 Å². The average molecular weight is 324 g/mol. The largest absolute Gasteiger partial charge is 0.495 e. The van der Waals surface area contributed by atoms with Crippen LogP contribution in [0, 0.1) is 5.82 Å². The number of halogens is 1. The summed E-state index contributed by atoms with van der Waals surface area (Å²) >= 11 is 0. The predicted molar refractivity (Wildman–Crippen MR) is 92.0 cm³/mol. The number of nitrogens with zero attached hydrogens (tertiary/aromatic N) is 2. The van der Waals surface area contributed by atoms with Crippen molar-refractivity contribution in [2.24, 2.45) is 0 Å². The van der Waals surface area contributed by atoms with Crippen molar-refractivity contribution in [3.05, 3.63) is 72.2 Å². The van der Waals surface area contributed by atoms with E-state index in [0.717, 1.165) is 5.69 Å². The van der Waals surface area contributed by atoms with Crippen LogP contribution in [0.15, 0.2) is 60.8 Å². The SMILES string of the molecule is COc1ccccc1Nc1nccc(NCc2ccccc2F)n1. The van der Waals surface area contributed by atoms with Crippen LogP contribution < -0.4 is 15.4 Å². The van der Waals surface area contributed by atoms with E-state index in [1.807, 2.05) is 24.3 Å².